The van der Waals surface area contributed by atoms with Gasteiger partial charge in [-0.1, -0.05) is 6.07 Å². The summed E-state index contributed by atoms with van der Waals surface area (Å²) >= 11 is 0. The maximum atomic E-state index is 12.4. The van der Waals surface area contributed by atoms with E-state index in [2.05, 4.69) is 20.8 Å². The van der Waals surface area contributed by atoms with Gasteiger partial charge in [-0.05, 0) is 19.9 Å². The summed E-state index contributed by atoms with van der Waals surface area (Å²) in [6.45, 7) is 3.54. The monoisotopic (exact) mass is 289 g/mol. The second-order valence-corrected chi connectivity index (χ2v) is 4.47. The third-order valence-corrected chi connectivity index (χ3v) is 3.10. The predicted molar refractivity (Wildman–Crippen MR) is 78.7 cm³/mol. The SMILES string of the molecule is CNc1c(C(=O)Nc2c(C)n[nH]c2C)cccc1[N+](=O)[O-]. The first-order chi connectivity index (χ1) is 9.95. The lowest BCUT2D eigenvalue weighted by atomic mass is 10.1. The Hall–Kier alpha value is -2.90. The fourth-order valence-corrected chi connectivity index (χ4v) is 2.06. The van der Waals surface area contributed by atoms with Crippen LogP contribution in [0.5, 0.6) is 0 Å². The van der Waals surface area contributed by atoms with E-state index in [1.54, 1.807) is 13.8 Å². The van der Waals surface area contributed by atoms with E-state index in [0.29, 0.717) is 11.4 Å². The van der Waals surface area contributed by atoms with Gasteiger partial charge in [0.15, 0.2) is 0 Å². The van der Waals surface area contributed by atoms with Gasteiger partial charge in [-0.3, -0.25) is 20.0 Å². The summed E-state index contributed by atoms with van der Waals surface area (Å²) in [5, 5.41) is 23.2. The smallest absolute Gasteiger partial charge is 0.293 e. The van der Waals surface area contributed by atoms with Gasteiger partial charge in [-0.15, -0.1) is 0 Å². The zero-order chi connectivity index (χ0) is 15.6. The molecule has 3 N–H and O–H groups in total. The lowest BCUT2D eigenvalue weighted by Gasteiger charge is -2.10. The summed E-state index contributed by atoms with van der Waals surface area (Å²) in [6.07, 6.45) is 0. The number of carbonyl (C=O) groups is 1. The molecule has 1 aromatic carbocycles. The molecule has 110 valence electrons. The molecule has 0 unspecified atom stereocenters. The van der Waals surface area contributed by atoms with Crippen LogP contribution in [0.4, 0.5) is 17.1 Å². The molecule has 1 heterocycles. The Morgan fingerprint density at radius 1 is 1.33 bits per heavy atom. The van der Waals surface area contributed by atoms with Gasteiger partial charge in [0.1, 0.15) is 5.69 Å². The first kappa shape index (κ1) is 14.5. The fourth-order valence-electron chi connectivity index (χ4n) is 2.06. The molecule has 0 bridgehead atoms. The van der Waals surface area contributed by atoms with Gasteiger partial charge in [-0.25, -0.2) is 0 Å². The van der Waals surface area contributed by atoms with Gasteiger partial charge in [-0.2, -0.15) is 5.10 Å². The van der Waals surface area contributed by atoms with E-state index >= 15 is 0 Å². The number of carbonyl (C=O) groups excluding carboxylic acids is 1. The number of nitrogens with zero attached hydrogens (tertiary/aromatic N) is 2. The average molecular weight is 289 g/mol. The molecular formula is C13H15N5O3. The lowest BCUT2D eigenvalue weighted by Crippen LogP contribution is -2.15. The summed E-state index contributed by atoms with van der Waals surface area (Å²) in [4.78, 5) is 22.8. The number of aromatic amines is 1. The van der Waals surface area contributed by atoms with Crippen LogP contribution >= 0.6 is 0 Å². The first-order valence-corrected chi connectivity index (χ1v) is 6.23. The Bertz CT molecular complexity index is 688. The number of aryl methyl sites for hydroxylation is 2. The highest BCUT2D eigenvalue weighted by Gasteiger charge is 2.21. The van der Waals surface area contributed by atoms with Crippen LogP contribution in [-0.2, 0) is 0 Å². The molecular weight excluding hydrogens is 274 g/mol. The molecule has 0 fully saturated rings. The number of para-hydroxylation sites is 1. The summed E-state index contributed by atoms with van der Waals surface area (Å²) in [7, 11) is 1.54. The number of hydrogen-bond acceptors (Lipinski definition) is 5. The van der Waals surface area contributed by atoms with Crippen LogP contribution in [0.2, 0.25) is 0 Å². The van der Waals surface area contributed by atoms with Crippen LogP contribution in [0.3, 0.4) is 0 Å². The van der Waals surface area contributed by atoms with Crippen molar-refractivity contribution in [3.63, 3.8) is 0 Å². The largest absolute Gasteiger partial charge is 0.382 e. The number of nitrogens with one attached hydrogen (secondary N) is 3. The Labute approximate surface area is 120 Å². The van der Waals surface area contributed by atoms with E-state index in [1.165, 1.54) is 25.2 Å². The van der Waals surface area contributed by atoms with Crippen molar-refractivity contribution < 1.29 is 9.72 Å². The number of rotatable bonds is 4. The molecule has 8 nitrogen and oxygen atoms in total. The highest BCUT2D eigenvalue weighted by atomic mass is 16.6. The molecule has 0 aliphatic rings. The highest BCUT2D eigenvalue weighted by Crippen LogP contribution is 2.29. The van der Waals surface area contributed by atoms with Gasteiger partial charge in [0.2, 0.25) is 0 Å². The van der Waals surface area contributed by atoms with Crippen LogP contribution in [0, 0.1) is 24.0 Å². The second-order valence-electron chi connectivity index (χ2n) is 4.47. The summed E-state index contributed by atoms with van der Waals surface area (Å²) in [5.41, 5.74) is 2.18. The van der Waals surface area contributed by atoms with Crippen molar-refractivity contribution in [3.8, 4) is 0 Å². The fraction of sp³-hybridized carbons (Fsp3) is 0.231. The minimum atomic E-state index is -0.531. The molecule has 8 heteroatoms. The van der Waals surface area contributed by atoms with Gasteiger partial charge in [0.25, 0.3) is 11.6 Å². The van der Waals surface area contributed by atoms with Crippen LogP contribution in [0.1, 0.15) is 21.7 Å². The van der Waals surface area contributed by atoms with E-state index in [1.807, 2.05) is 0 Å². The standard InChI is InChI=1S/C13H15N5O3/c1-7-11(8(2)17-16-7)15-13(19)9-5-4-6-10(18(20)21)12(9)14-3/h4-6,14H,1-3H3,(H,15,19)(H,16,17). The van der Waals surface area contributed by atoms with Crippen LogP contribution in [-0.4, -0.2) is 28.1 Å². The summed E-state index contributed by atoms with van der Waals surface area (Å²) in [6, 6.07) is 4.35. The third-order valence-electron chi connectivity index (χ3n) is 3.10. The molecule has 0 aliphatic heterocycles. The molecule has 2 aromatic rings. The summed E-state index contributed by atoms with van der Waals surface area (Å²) < 4.78 is 0. The Morgan fingerprint density at radius 2 is 2.05 bits per heavy atom. The van der Waals surface area contributed by atoms with Gasteiger partial charge in [0.05, 0.1) is 27.6 Å². The zero-order valence-electron chi connectivity index (χ0n) is 11.9. The van der Waals surface area contributed by atoms with Crippen molar-refractivity contribution in [3.05, 3.63) is 45.3 Å². The normalized spacial score (nSPS) is 10.2. The number of H-pyrrole nitrogens is 1. The Morgan fingerprint density at radius 3 is 2.57 bits per heavy atom. The van der Waals surface area contributed by atoms with E-state index in [-0.39, 0.29) is 16.9 Å². The predicted octanol–water partition coefficient (Wildman–Crippen LogP) is 2.23. The topological polar surface area (TPSA) is 113 Å². The number of aromatic nitrogens is 2. The zero-order valence-corrected chi connectivity index (χ0v) is 11.9. The lowest BCUT2D eigenvalue weighted by molar-refractivity contribution is -0.384. The third kappa shape index (κ3) is 2.69. The molecule has 0 radical (unpaired) electrons. The van der Waals surface area contributed by atoms with Gasteiger partial charge in [0, 0.05) is 13.1 Å². The molecule has 0 spiro atoms. The van der Waals surface area contributed by atoms with E-state index < -0.39 is 10.8 Å². The van der Waals surface area contributed by atoms with Crippen molar-refractivity contribution in [2.75, 3.05) is 17.7 Å². The van der Waals surface area contributed by atoms with E-state index in [0.717, 1.165) is 5.69 Å². The van der Waals surface area contributed by atoms with Crippen molar-refractivity contribution in [2.24, 2.45) is 0 Å². The first-order valence-electron chi connectivity index (χ1n) is 6.23. The Balaban J connectivity index is 2.40. The molecule has 1 aromatic heterocycles. The van der Waals surface area contributed by atoms with Gasteiger partial charge >= 0.3 is 0 Å². The quantitative estimate of drug-likeness (QED) is 0.590. The molecule has 1 amide bonds. The molecule has 2 rings (SSSR count). The molecule has 0 saturated heterocycles. The second kappa shape index (κ2) is 5.61. The van der Waals surface area contributed by atoms with Crippen LogP contribution < -0.4 is 10.6 Å². The number of nitro groups is 1. The van der Waals surface area contributed by atoms with Crippen LogP contribution in [0.25, 0.3) is 0 Å². The summed E-state index contributed by atoms with van der Waals surface area (Å²) in [5.74, 6) is -0.435. The maximum Gasteiger partial charge on any atom is 0.293 e. The molecule has 0 saturated carbocycles. The van der Waals surface area contributed by atoms with Crippen molar-refractivity contribution in [1.82, 2.24) is 10.2 Å². The number of hydrogen-bond donors (Lipinski definition) is 3. The average Bonchev–Trinajstić information content (AvgIpc) is 2.77. The minimum absolute atomic E-state index is 0.147. The highest BCUT2D eigenvalue weighted by molar-refractivity contribution is 6.09. The maximum absolute atomic E-state index is 12.4. The van der Waals surface area contributed by atoms with Gasteiger partial charge < -0.3 is 10.6 Å². The van der Waals surface area contributed by atoms with Crippen molar-refractivity contribution >= 4 is 23.0 Å². The molecule has 0 atom stereocenters. The number of amides is 1. The number of benzene rings is 1. The van der Waals surface area contributed by atoms with E-state index in [4.69, 9.17) is 0 Å². The van der Waals surface area contributed by atoms with E-state index in [9.17, 15) is 14.9 Å². The molecule has 0 aliphatic carbocycles. The number of anilines is 2. The molecule has 21 heavy (non-hydrogen) atoms. The minimum Gasteiger partial charge on any atom is -0.382 e. The van der Waals surface area contributed by atoms with Crippen molar-refractivity contribution in [1.29, 1.82) is 0 Å². The Kier molecular flexibility index (Phi) is 3.88. The number of nitro benzene ring substituents is 1. The van der Waals surface area contributed by atoms with Crippen LogP contribution in [0.15, 0.2) is 18.2 Å². The van der Waals surface area contributed by atoms with Crippen molar-refractivity contribution in [2.45, 2.75) is 13.8 Å².